The number of hydrogen-bond donors (Lipinski definition) is 1. The average molecular weight is 411 g/mol. The zero-order chi connectivity index (χ0) is 21.3. The lowest BCUT2D eigenvalue weighted by Gasteiger charge is -2.27. The van der Waals surface area contributed by atoms with Crippen LogP contribution in [-0.4, -0.2) is 31.8 Å². The molecule has 3 aromatic rings. The number of fused-ring (bicyclic) bond motifs is 1. The second-order valence-corrected chi connectivity index (χ2v) is 8.78. The van der Waals surface area contributed by atoms with Gasteiger partial charge in [0.1, 0.15) is 6.54 Å². The van der Waals surface area contributed by atoms with Crippen molar-refractivity contribution < 1.29 is 4.90 Å². The molecular formula is C23H32N5O2+. The average Bonchev–Trinajstić information content (AvgIpc) is 3.10. The number of rotatable bonds is 6. The molecule has 0 amide bonds. The lowest BCUT2D eigenvalue weighted by atomic mass is 10.0. The molecule has 0 saturated carbocycles. The number of likely N-dealkylation sites (tertiary alicyclic amines) is 1. The summed E-state index contributed by atoms with van der Waals surface area (Å²) in [6, 6.07) is 10.4. The van der Waals surface area contributed by atoms with Crippen LogP contribution in [0.5, 0.6) is 0 Å². The van der Waals surface area contributed by atoms with E-state index in [1.54, 1.807) is 14.1 Å². The molecule has 0 radical (unpaired) electrons. The summed E-state index contributed by atoms with van der Waals surface area (Å²) in [5.74, 6) is 1.63. The minimum atomic E-state index is -0.327. The van der Waals surface area contributed by atoms with Crippen LogP contribution in [0.3, 0.4) is 0 Å². The topological polar surface area (TPSA) is 66.3 Å². The third kappa shape index (κ3) is 3.99. The maximum absolute atomic E-state index is 13.0. The van der Waals surface area contributed by atoms with Gasteiger partial charge in [0.2, 0.25) is 0 Å². The van der Waals surface area contributed by atoms with Crippen molar-refractivity contribution in [3.63, 3.8) is 0 Å². The van der Waals surface area contributed by atoms with Gasteiger partial charge < -0.3 is 9.47 Å². The van der Waals surface area contributed by atoms with Gasteiger partial charge in [-0.15, -0.1) is 0 Å². The summed E-state index contributed by atoms with van der Waals surface area (Å²) in [5.41, 5.74) is 1.76. The standard InChI is InChI=1S/C23H31N5O2/c1-17-9-7-13-27(15-17)16-19-24-21-20(22(29)26(3)23(30)25(21)2)28(19)14-8-12-18-10-5-4-6-11-18/h4-6,10-11,17H,7-9,12-16H2,1-3H3/p+1/t17-/m1/s1. The second-order valence-electron chi connectivity index (χ2n) is 8.78. The van der Waals surface area contributed by atoms with Crippen molar-refractivity contribution >= 4 is 11.2 Å². The number of quaternary nitrogens is 1. The Bertz CT molecular complexity index is 1140. The molecule has 1 aliphatic rings. The first-order chi connectivity index (χ1) is 14.5. The first kappa shape index (κ1) is 20.6. The lowest BCUT2D eigenvalue weighted by Crippen LogP contribution is -3.12. The van der Waals surface area contributed by atoms with E-state index in [-0.39, 0.29) is 11.2 Å². The molecule has 0 bridgehead atoms. The van der Waals surface area contributed by atoms with Crippen LogP contribution in [0.4, 0.5) is 0 Å². The molecule has 1 aliphatic heterocycles. The molecule has 1 unspecified atom stereocenters. The van der Waals surface area contributed by atoms with Gasteiger partial charge in [0, 0.05) is 26.6 Å². The number of aryl methyl sites for hydroxylation is 3. The van der Waals surface area contributed by atoms with Crippen LogP contribution in [0.1, 0.15) is 37.6 Å². The minimum absolute atomic E-state index is 0.256. The van der Waals surface area contributed by atoms with Gasteiger partial charge in [-0.2, -0.15) is 0 Å². The Morgan fingerprint density at radius 3 is 2.63 bits per heavy atom. The van der Waals surface area contributed by atoms with Crippen LogP contribution in [0.25, 0.3) is 11.2 Å². The van der Waals surface area contributed by atoms with Crippen molar-refractivity contribution in [1.29, 1.82) is 0 Å². The van der Waals surface area contributed by atoms with Crippen molar-refractivity contribution in [1.82, 2.24) is 18.7 Å². The summed E-state index contributed by atoms with van der Waals surface area (Å²) in [6.45, 7) is 6.08. The van der Waals surface area contributed by atoms with Crippen LogP contribution in [0.2, 0.25) is 0 Å². The molecule has 7 nitrogen and oxygen atoms in total. The quantitative estimate of drug-likeness (QED) is 0.656. The molecule has 4 rings (SSSR count). The van der Waals surface area contributed by atoms with E-state index in [0.29, 0.717) is 17.1 Å². The summed E-state index contributed by atoms with van der Waals surface area (Å²) < 4.78 is 4.77. The molecule has 1 fully saturated rings. The van der Waals surface area contributed by atoms with Gasteiger partial charge in [-0.1, -0.05) is 37.3 Å². The summed E-state index contributed by atoms with van der Waals surface area (Å²) in [4.78, 5) is 31.7. The molecule has 7 heteroatoms. The van der Waals surface area contributed by atoms with E-state index in [9.17, 15) is 9.59 Å². The first-order valence-electron chi connectivity index (χ1n) is 11.0. The molecule has 30 heavy (non-hydrogen) atoms. The fourth-order valence-electron chi connectivity index (χ4n) is 4.73. The SMILES string of the molecule is C[C@@H]1CCC[NH+](Cc2nc3c(c(=O)n(C)c(=O)n3C)n2CCCc2ccccc2)C1. The Morgan fingerprint density at radius 1 is 1.13 bits per heavy atom. The summed E-state index contributed by atoms with van der Waals surface area (Å²) in [6.07, 6.45) is 4.37. The smallest absolute Gasteiger partial charge is 0.328 e. The number of nitrogens with zero attached hydrogens (tertiary/aromatic N) is 4. The Hall–Kier alpha value is -2.67. The highest BCUT2D eigenvalue weighted by Crippen LogP contribution is 2.14. The Morgan fingerprint density at radius 2 is 1.90 bits per heavy atom. The molecule has 0 aliphatic carbocycles. The van der Waals surface area contributed by atoms with Gasteiger partial charge in [0.05, 0.1) is 13.1 Å². The van der Waals surface area contributed by atoms with Gasteiger partial charge in [0.15, 0.2) is 17.0 Å². The van der Waals surface area contributed by atoms with Crippen LogP contribution >= 0.6 is 0 Å². The molecule has 1 aromatic carbocycles. The van der Waals surface area contributed by atoms with Crippen LogP contribution < -0.4 is 16.1 Å². The molecule has 1 saturated heterocycles. The van der Waals surface area contributed by atoms with E-state index in [2.05, 4.69) is 35.8 Å². The van der Waals surface area contributed by atoms with Gasteiger partial charge in [-0.05, 0) is 31.2 Å². The summed E-state index contributed by atoms with van der Waals surface area (Å²) >= 11 is 0. The molecule has 0 spiro atoms. The molecule has 2 atom stereocenters. The van der Waals surface area contributed by atoms with Crippen molar-refractivity contribution in [2.24, 2.45) is 20.0 Å². The van der Waals surface area contributed by atoms with Crippen LogP contribution in [0.15, 0.2) is 39.9 Å². The Kier molecular flexibility index (Phi) is 5.90. The largest absolute Gasteiger partial charge is 0.332 e. The van der Waals surface area contributed by atoms with Gasteiger partial charge in [-0.25, -0.2) is 9.78 Å². The van der Waals surface area contributed by atoms with Crippen molar-refractivity contribution in [3.8, 4) is 0 Å². The van der Waals surface area contributed by atoms with E-state index < -0.39 is 0 Å². The predicted molar refractivity (Wildman–Crippen MR) is 118 cm³/mol. The first-order valence-corrected chi connectivity index (χ1v) is 11.0. The lowest BCUT2D eigenvalue weighted by molar-refractivity contribution is -0.922. The highest BCUT2D eigenvalue weighted by atomic mass is 16.2. The highest BCUT2D eigenvalue weighted by Gasteiger charge is 2.25. The van der Waals surface area contributed by atoms with Crippen molar-refractivity contribution in [2.45, 2.75) is 45.7 Å². The zero-order valence-electron chi connectivity index (χ0n) is 18.2. The third-order valence-electron chi connectivity index (χ3n) is 6.39. The van der Waals surface area contributed by atoms with E-state index in [1.165, 1.54) is 32.4 Å². The second kappa shape index (κ2) is 8.60. The summed E-state index contributed by atoms with van der Waals surface area (Å²) in [7, 11) is 3.24. The number of imidazole rings is 1. The van der Waals surface area contributed by atoms with Gasteiger partial charge in [0.25, 0.3) is 5.56 Å². The minimum Gasteiger partial charge on any atom is -0.328 e. The third-order valence-corrected chi connectivity index (χ3v) is 6.39. The maximum atomic E-state index is 13.0. The normalized spacial score (nSPS) is 19.4. The van der Waals surface area contributed by atoms with Crippen LogP contribution in [0, 0.1) is 5.92 Å². The molecule has 3 heterocycles. The highest BCUT2D eigenvalue weighted by molar-refractivity contribution is 5.71. The molecular weight excluding hydrogens is 378 g/mol. The molecule has 160 valence electrons. The fourth-order valence-corrected chi connectivity index (χ4v) is 4.73. The molecule has 1 N–H and O–H groups in total. The fraction of sp³-hybridized carbons (Fsp3) is 0.522. The number of aromatic nitrogens is 4. The predicted octanol–water partition coefficient (Wildman–Crippen LogP) is 0.881. The van der Waals surface area contributed by atoms with Crippen molar-refractivity contribution in [2.75, 3.05) is 13.1 Å². The zero-order valence-corrected chi connectivity index (χ0v) is 18.2. The number of benzene rings is 1. The van der Waals surface area contributed by atoms with Crippen LogP contribution in [-0.2, 0) is 33.6 Å². The van der Waals surface area contributed by atoms with E-state index in [0.717, 1.165) is 44.8 Å². The monoisotopic (exact) mass is 410 g/mol. The molecule has 2 aromatic heterocycles. The van der Waals surface area contributed by atoms with Gasteiger partial charge in [-0.3, -0.25) is 13.9 Å². The summed E-state index contributed by atoms with van der Waals surface area (Å²) in [5, 5.41) is 0. The van der Waals surface area contributed by atoms with Crippen molar-refractivity contribution in [3.05, 3.63) is 62.6 Å². The number of nitrogens with one attached hydrogen (secondary N) is 1. The van der Waals surface area contributed by atoms with E-state index in [4.69, 9.17) is 4.98 Å². The van der Waals surface area contributed by atoms with E-state index in [1.807, 2.05) is 6.07 Å². The Labute approximate surface area is 176 Å². The number of piperidine rings is 1. The maximum Gasteiger partial charge on any atom is 0.332 e. The Balaban J connectivity index is 1.70. The number of hydrogen-bond acceptors (Lipinski definition) is 3. The van der Waals surface area contributed by atoms with Gasteiger partial charge >= 0.3 is 5.69 Å². The van der Waals surface area contributed by atoms with E-state index >= 15 is 0 Å².